The molecular formula is C14H19BN2O7S. The molecule has 0 bridgehead atoms. The van der Waals surface area contributed by atoms with Crippen molar-refractivity contribution in [3.63, 3.8) is 0 Å². The van der Waals surface area contributed by atoms with Crippen molar-refractivity contribution in [3.8, 4) is 5.75 Å². The van der Waals surface area contributed by atoms with Crippen molar-refractivity contribution in [3.05, 3.63) is 29.3 Å². The number of amides is 1. The average Bonchev–Trinajstić information content (AvgIpc) is 2.50. The van der Waals surface area contributed by atoms with E-state index in [0.717, 1.165) is 6.26 Å². The summed E-state index contributed by atoms with van der Waals surface area (Å²) < 4.78 is 29.4. The van der Waals surface area contributed by atoms with Crippen LogP contribution in [0, 0.1) is 0 Å². The highest BCUT2D eigenvalue weighted by Gasteiger charge is 2.37. The molecule has 1 aromatic rings. The van der Waals surface area contributed by atoms with Crippen molar-refractivity contribution in [2.45, 2.75) is 25.2 Å². The number of fused-ring (bicyclic) bond motifs is 1. The average molecular weight is 370 g/mol. The number of rotatable bonds is 7. The third kappa shape index (κ3) is 5.44. The zero-order valence-corrected chi connectivity index (χ0v) is 14.4. The number of carboxylic acid groups (broad SMARTS) is 1. The van der Waals surface area contributed by atoms with Gasteiger partial charge in [0.05, 0.1) is 17.8 Å². The van der Waals surface area contributed by atoms with Gasteiger partial charge in [-0.15, -0.1) is 0 Å². The van der Waals surface area contributed by atoms with E-state index in [4.69, 9.17) is 9.76 Å². The van der Waals surface area contributed by atoms with E-state index in [9.17, 15) is 23.0 Å². The van der Waals surface area contributed by atoms with Crippen LogP contribution >= 0.6 is 0 Å². The van der Waals surface area contributed by atoms with Crippen LogP contribution in [0.3, 0.4) is 0 Å². The third-order valence-corrected chi connectivity index (χ3v) is 4.37. The minimum absolute atomic E-state index is 0.0480. The van der Waals surface area contributed by atoms with E-state index < -0.39 is 29.1 Å². The van der Waals surface area contributed by atoms with E-state index in [1.807, 2.05) is 0 Å². The van der Waals surface area contributed by atoms with E-state index in [1.165, 1.54) is 6.07 Å². The summed E-state index contributed by atoms with van der Waals surface area (Å²) in [5.74, 6) is -2.14. The molecule has 11 heteroatoms. The Labute approximate surface area is 145 Å². The number of carboxylic acids is 1. The topological polar surface area (TPSA) is 142 Å². The standard InChI is InChI=1S/C14H19BN2O7S/c1-25(22,23)16-7-3-6-12(18)17-11-8-9-4-2-5-10(14(19)20)13(9)24-15(11)21/h2,4-5,11,16,21H,3,6-8H2,1H3,(H,17,18)(H,19,20). The molecule has 0 fully saturated rings. The van der Waals surface area contributed by atoms with Crippen molar-refractivity contribution in [1.29, 1.82) is 0 Å². The maximum absolute atomic E-state index is 11.9. The van der Waals surface area contributed by atoms with E-state index in [0.29, 0.717) is 12.0 Å². The Kier molecular flexibility index (Phi) is 6.04. The molecule has 0 saturated heterocycles. The van der Waals surface area contributed by atoms with Gasteiger partial charge < -0.3 is 20.1 Å². The normalized spacial score (nSPS) is 16.7. The van der Waals surface area contributed by atoms with Crippen LogP contribution in [0.5, 0.6) is 5.75 Å². The van der Waals surface area contributed by atoms with E-state index in [1.54, 1.807) is 12.1 Å². The summed E-state index contributed by atoms with van der Waals surface area (Å²) in [5.41, 5.74) is 0.530. The highest BCUT2D eigenvalue weighted by molar-refractivity contribution is 7.88. The van der Waals surface area contributed by atoms with Gasteiger partial charge in [0, 0.05) is 13.0 Å². The number of hydrogen-bond acceptors (Lipinski definition) is 6. The highest BCUT2D eigenvalue weighted by Crippen LogP contribution is 2.30. The highest BCUT2D eigenvalue weighted by atomic mass is 32.2. The third-order valence-electron chi connectivity index (χ3n) is 3.64. The molecule has 1 aromatic carbocycles. The largest absolute Gasteiger partial charge is 0.547 e. The van der Waals surface area contributed by atoms with Gasteiger partial charge in [-0.1, -0.05) is 12.1 Å². The lowest BCUT2D eigenvalue weighted by atomic mass is 9.72. The maximum Gasteiger partial charge on any atom is 0.547 e. The van der Waals surface area contributed by atoms with Crippen LogP contribution in [-0.4, -0.2) is 56.3 Å². The fourth-order valence-electron chi connectivity index (χ4n) is 2.50. The molecule has 25 heavy (non-hydrogen) atoms. The molecule has 1 atom stereocenters. The van der Waals surface area contributed by atoms with Crippen molar-refractivity contribution in [2.24, 2.45) is 0 Å². The summed E-state index contributed by atoms with van der Waals surface area (Å²) >= 11 is 0. The second-order valence-corrected chi connectivity index (χ2v) is 7.59. The molecule has 0 radical (unpaired) electrons. The molecule has 0 spiro atoms. The van der Waals surface area contributed by atoms with Crippen LogP contribution in [-0.2, 0) is 21.2 Å². The number of sulfonamides is 1. The first kappa shape index (κ1) is 19.2. The first-order valence-electron chi connectivity index (χ1n) is 7.61. The second-order valence-electron chi connectivity index (χ2n) is 5.76. The number of para-hydroxylation sites is 1. The first-order valence-corrected chi connectivity index (χ1v) is 9.50. The predicted octanol–water partition coefficient (Wildman–Crippen LogP) is -0.846. The molecule has 136 valence electrons. The van der Waals surface area contributed by atoms with Gasteiger partial charge in [0.25, 0.3) is 0 Å². The molecule has 0 aromatic heterocycles. The molecule has 4 N–H and O–H groups in total. The zero-order valence-electron chi connectivity index (χ0n) is 13.6. The van der Waals surface area contributed by atoms with Crippen LogP contribution in [0.15, 0.2) is 18.2 Å². The van der Waals surface area contributed by atoms with Gasteiger partial charge in [-0.25, -0.2) is 17.9 Å². The van der Waals surface area contributed by atoms with Crippen molar-refractivity contribution < 1.29 is 32.8 Å². The molecule has 1 heterocycles. The summed E-state index contributed by atoms with van der Waals surface area (Å²) in [6.45, 7) is 0.140. The number of carbonyl (C=O) groups is 2. The quantitative estimate of drug-likeness (QED) is 0.362. The van der Waals surface area contributed by atoms with Gasteiger partial charge in [-0.05, 0) is 24.5 Å². The molecule has 0 saturated carbocycles. The Morgan fingerprint density at radius 2 is 2.12 bits per heavy atom. The van der Waals surface area contributed by atoms with Crippen LogP contribution in [0.2, 0.25) is 0 Å². The summed E-state index contributed by atoms with van der Waals surface area (Å²) in [6, 6.07) is 4.61. The van der Waals surface area contributed by atoms with Crippen LogP contribution < -0.4 is 14.7 Å². The fourth-order valence-corrected chi connectivity index (χ4v) is 3.02. The lowest BCUT2D eigenvalue weighted by Gasteiger charge is -2.28. The molecule has 9 nitrogen and oxygen atoms in total. The summed E-state index contributed by atoms with van der Waals surface area (Å²) in [5, 5.41) is 21.8. The van der Waals surface area contributed by atoms with Crippen molar-refractivity contribution >= 4 is 29.0 Å². The summed E-state index contributed by atoms with van der Waals surface area (Å²) in [7, 11) is -4.66. The van der Waals surface area contributed by atoms with Crippen LogP contribution in [0.25, 0.3) is 0 Å². The first-order chi connectivity index (χ1) is 11.7. The Bertz CT molecular complexity index is 768. The molecule has 1 aliphatic rings. The smallest absolute Gasteiger partial charge is 0.534 e. The second kappa shape index (κ2) is 7.85. The fraction of sp³-hybridized carbons (Fsp3) is 0.429. The summed E-state index contributed by atoms with van der Waals surface area (Å²) in [4.78, 5) is 23.1. The predicted molar refractivity (Wildman–Crippen MR) is 89.7 cm³/mol. The Morgan fingerprint density at radius 3 is 2.76 bits per heavy atom. The number of carbonyl (C=O) groups excluding carboxylic acids is 1. The molecule has 1 amide bonds. The number of aromatic carboxylic acids is 1. The van der Waals surface area contributed by atoms with E-state index in [-0.39, 0.29) is 36.6 Å². The molecular weight excluding hydrogens is 351 g/mol. The lowest BCUT2D eigenvalue weighted by Crippen LogP contribution is -2.53. The number of benzene rings is 1. The monoisotopic (exact) mass is 370 g/mol. The van der Waals surface area contributed by atoms with Gasteiger partial charge in [0.15, 0.2) is 0 Å². The van der Waals surface area contributed by atoms with Gasteiger partial charge in [-0.3, -0.25) is 4.79 Å². The lowest BCUT2D eigenvalue weighted by molar-refractivity contribution is -0.121. The van der Waals surface area contributed by atoms with Gasteiger partial charge in [0.2, 0.25) is 15.9 Å². The summed E-state index contributed by atoms with van der Waals surface area (Å²) in [6.07, 6.45) is 1.65. The molecule has 1 aliphatic heterocycles. The minimum Gasteiger partial charge on any atom is -0.534 e. The Hall–Kier alpha value is -2.11. The molecule has 1 unspecified atom stereocenters. The number of nitrogens with one attached hydrogen (secondary N) is 2. The van der Waals surface area contributed by atoms with Crippen LogP contribution in [0.1, 0.15) is 28.8 Å². The van der Waals surface area contributed by atoms with Gasteiger partial charge in [-0.2, -0.15) is 0 Å². The SMILES string of the molecule is CS(=O)(=O)NCCCC(=O)NC1Cc2cccc(C(=O)O)c2OB1O. The Morgan fingerprint density at radius 1 is 1.40 bits per heavy atom. The van der Waals surface area contributed by atoms with Crippen LogP contribution in [0.4, 0.5) is 0 Å². The van der Waals surface area contributed by atoms with Crippen molar-refractivity contribution in [2.75, 3.05) is 12.8 Å². The van der Waals surface area contributed by atoms with Gasteiger partial charge in [0.1, 0.15) is 5.75 Å². The van der Waals surface area contributed by atoms with Gasteiger partial charge >= 0.3 is 13.1 Å². The zero-order chi connectivity index (χ0) is 18.6. The van der Waals surface area contributed by atoms with E-state index >= 15 is 0 Å². The molecule has 2 rings (SSSR count). The minimum atomic E-state index is -3.29. The van der Waals surface area contributed by atoms with E-state index in [2.05, 4.69) is 10.0 Å². The van der Waals surface area contributed by atoms with Crippen molar-refractivity contribution in [1.82, 2.24) is 10.0 Å². The Balaban J connectivity index is 1.93. The maximum atomic E-state index is 11.9. The number of hydrogen-bond donors (Lipinski definition) is 4. The molecule has 0 aliphatic carbocycles.